The maximum atomic E-state index is 13.1. The van der Waals surface area contributed by atoms with Crippen LogP contribution < -0.4 is 10.1 Å². The predicted molar refractivity (Wildman–Crippen MR) is 73.2 cm³/mol. The van der Waals surface area contributed by atoms with Gasteiger partial charge in [0.15, 0.2) is 5.75 Å². The smallest absolute Gasteiger partial charge is 0.387 e. The van der Waals surface area contributed by atoms with E-state index >= 15 is 0 Å². The van der Waals surface area contributed by atoms with Crippen molar-refractivity contribution < 1.29 is 22.7 Å². The first-order valence-electron chi connectivity index (χ1n) is 6.47. The van der Waals surface area contributed by atoms with E-state index in [4.69, 9.17) is 0 Å². The summed E-state index contributed by atoms with van der Waals surface area (Å²) < 4.78 is 43.4. The fourth-order valence-corrected chi connectivity index (χ4v) is 1.81. The van der Waals surface area contributed by atoms with Crippen LogP contribution in [0, 0.1) is 12.7 Å². The Kier molecular flexibility index (Phi) is 5.03. The fraction of sp³-hybridized carbons (Fsp3) is 0.286. The van der Waals surface area contributed by atoms with Gasteiger partial charge in [-0.1, -0.05) is 0 Å². The van der Waals surface area contributed by atoms with E-state index in [1.54, 1.807) is 17.1 Å². The molecule has 1 N–H and O–H groups in total. The number of rotatable bonds is 6. The minimum absolute atomic E-state index is 0.0108. The number of anilines is 1. The molecule has 0 fully saturated rings. The van der Waals surface area contributed by atoms with Gasteiger partial charge in [0, 0.05) is 25.2 Å². The maximum Gasteiger partial charge on any atom is 0.387 e. The van der Waals surface area contributed by atoms with Gasteiger partial charge in [0.2, 0.25) is 5.91 Å². The van der Waals surface area contributed by atoms with Crippen molar-refractivity contribution in [1.29, 1.82) is 0 Å². The van der Waals surface area contributed by atoms with Crippen LogP contribution in [0.4, 0.5) is 18.9 Å². The van der Waals surface area contributed by atoms with Crippen LogP contribution in [0.25, 0.3) is 0 Å². The van der Waals surface area contributed by atoms with Crippen molar-refractivity contribution in [2.24, 2.45) is 0 Å². The summed E-state index contributed by atoms with van der Waals surface area (Å²) in [4.78, 5) is 11.8. The number of hydrogen-bond donors (Lipinski definition) is 1. The van der Waals surface area contributed by atoms with Gasteiger partial charge < -0.3 is 10.1 Å². The van der Waals surface area contributed by atoms with Crippen molar-refractivity contribution in [1.82, 2.24) is 9.78 Å². The largest absolute Gasteiger partial charge is 0.432 e. The zero-order valence-corrected chi connectivity index (χ0v) is 11.7. The van der Waals surface area contributed by atoms with Crippen LogP contribution in [-0.4, -0.2) is 22.3 Å². The minimum Gasteiger partial charge on any atom is -0.432 e. The standard InChI is InChI=1S/C14H14F3N3O2/c1-9-7-18-20(8-9)5-4-13(21)19-11-3-2-10(15)6-12(11)22-14(16)17/h2-3,6-8,14H,4-5H2,1H3,(H,19,21). The highest BCUT2D eigenvalue weighted by atomic mass is 19.3. The molecule has 0 aliphatic rings. The van der Waals surface area contributed by atoms with Crippen LogP contribution in [-0.2, 0) is 11.3 Å². The Morgan fingerprint density at radius 3 is 2.86 bits per heavy atom. The molecule has 0 spiro atoms. The highest BCUT2D eigenvalue weighted by Crippen LogP contribution is 2.27. The summed E-state index contributed by atoms with van der Waals surface area (Å²) in [6.07, 6.45) is 3.52. The van der Waals surface area contributed by atoms with Gasteiger partial charge in [-0.05, 0) is 24.6 Å². The third kappa shape index (κ3) is 4.51. The second-order valence-electron chi connectivity index (χ2n) is 4.60. The first-order valence-corrected chi connectivity index (χ1v) is 6.47. The number of benzene rings is 1. The molecule has 5 nitrogen and oxygen atoms in total. The normalized spacial score (nSPS) is 10.8. The molecule has 0 bridgehead atoms. The number of carbonyl (C=O) groups excluding carboxylic acids is 1. The number of alkyl halides is 2. The molecule has 2 aromatic rings. The lowest BCUT2D eigenvalue weighted by atomic mass is 10.2. The zero-order chi connectivity index (χ0) is 16.1. The number of aryl methyl sites for hydroxylation is 2. The summed E-state index contributed by atoms with van der Waals surface area (Å²) in [7, 11) is 0. The molecule has 0 atom stereocenters. The number of ether oxygens (including phenoxy) is 1. The Morgan fingerprint density at radius 2 is 2.23 bits per heavy atom. The molecular formula is C14H14F3N3O2. The molecule has 22 heavy (non-hydrogen) atoms. The van der Waals surface area contributed by atoms with Gasteiger partial charge in [0.05, 0.1) is 11.9 Å². The molecule has 0 saturated heterocycles. The molecule has 118 valence electrons. The average Bonchev–Trinajstić information content (AvgIpc) is 2.85. The van der Waals surface area contributed by atoms with Gasteiger partial charge in [-0.25, -0.2) is 4.39 Å². The minimum atomic E-state index is -3.11. The van der Waals surface area contributed by atoms with Crippen LogP contribution in [0.3, 0.4) is 0 Å². The molecule has 0 aliphatic carbocycles. The van der Waals surface area contributed by atoms with Crippen LogP contribution in [0.15, 0.2) is 30.6 Å². The molecule has 1 aromatic heterocycles. The predicted octanol–water partition coefficient (Wildman–Crippen LogP) is 2.96. The molecule has 0 aliphatic heterocycles. The first kappa shape index (κ1) is 15.9. The molecular weight excluding hydrogens is 299 g/mol. The van der Waals surface area contributed by atoms with E-state index in [1.165, 1.54) is 6.07 Å². The van der Waals surface area contributed by atoms with Crippen molar-refractivity contribution in [2.45, 2.75) is 26.5 Å². The Hall–Kier alpha value is -2.51. The lowest BCUT2D eigenvalue weighted by Crippen LogP contribution is -2.16. The number of aromatic nitrogens is 2. The number of amides is 1. The van der Waals surface area contributed by atoms with Gasteiger partial charge in [-0.15, -0.1) is 0 Å². The van der Waals surface area contributed by atoms with Crippen molar-refractivity contribution in [2.75, 3.05) is 5.32 Å². The Bertz CT molecular complexity index is 659. The molecule has 2 rings (SSSR count). The van der Waals surface area contributed by atoms with E-state index in [1.807, 2.05) is 6.92 Å². The van der Waals surface area contributed by atoms with Crippen LogP contribution in [0.5, 0.6) is 5.75 Å². The topological polar surface area (TPSA) is 56.2 Å². The van der Waals surface area contributed by atoms with Crippen molar-refractivity contribution in [3.63, 3.8) is 0 Å². The van der Waals surface area contributed by atoms with E-state index in [2.05, 4.69) is 15.2 Å². The van der Waals surface area contributed by atoms with Crippen molar-refractivity contribution in [3.8, 4) is 5.75 Å². The van der Waals surface area contributed by atoms with E-state index in [0.29, 0.717) is 6.54 Å². The second kappa shape index (κ2) is 6.97. The molecule has 1 heterocycles. The summed E-state index contributed by atoms with van der Waals surface area (Å²) in [6, 6.07) is 3.01. The molecule has 0 radical (unpaired) electrons. The molecule has 0 unspecified atom stereocenters. The Labute approximate surface area is 124 Å². The summed E-state index contributed by atoms with van der Waals surface area (Å²) >= 11 is 0. The number of carbonyl (C=O) groups is 1. The van der Waals surface area contributed by atoms with Gasteiger partial charge in [0.25, 0.3) is 0 Å². The van der Waals surface area contributed by atoms with E-state index < -0.39 is 24.1 Å². The Balaban J connectivity index is 1.98. The molecule has 8 heteroatoms. The van der Waals surface area contributed by atoms with E-state index in [9.17, 15) is 18.0 Å². The van der Waals surface area contributed by atoms with Crippen LogP contribution in [0.2, 0.25) is 0 Å². The van der Waals surface area contributed by atoms with Gasteiger partial charge in [-0.3, -0.25) is 9.48 Å². The van der Waals surface area contributed by atoms with Gasteiger partial charge >= 0.3 is 6.61 Å². The Morgan fingerprint density at radius 1 is 1.45 bits per heavy atom. The highest BCUT2D eigenvalue weighted by Gasteiger charge is 2.13. The van der Waals surface area contributed by atoms with Crippen LogP contribution in [0.1, 0.15) is 12.0 Å². The summed E-state index contributed by atoms with van der Waals surface area (Å²) in [5, 5.41) is 6.44. The van der Waals surface area contributed by atoms with Crippen LogP contribution >= 0.6 is 0 Å². The monoisotopic (exact) mass is 313 g/mol. The molecule has 0 saturated carbocycles. The zero-order valence-electron chi connectivity index (χ0n) is 11.7. The summed E-state index contributed by atoms with van der Waals surface area (Å²) in [6.45, 7) is -0.897. The third-order valence-corrected chi connectivity index (χ3v) is 2.76. The molecule has 1 aromatic carbocycles. The maximum absolute atomic E-state index is 13.1. The van der Waals surface area contributed by atoms with Gasteiger partial charge in [-0.2, -0.15) is 13.9 Å². The number of hydrogen-bond acceptors (Lipinski definition) is 3. The van der Waals surface area contributed by atoms with Crippen molar-refractivity contribution in [3.05, 3.63) is 42.0 Å². The van der Waals surface area contributed by atoms with Gasteiger partial charge in [0.1, 0.15) is 5.82 Å². The fourth-order valence-electron chi connectivity index (χ4n) is 1.81. The molecule has 1 amide bonds. The third-order valence-electron chi connectivity index (χ3n) is 2.76. The average molecular weight is 313 g/mol. The number of halogens is 3. The first-order chi connectivity index (χ1) is 10.4. The van der Waals surface area contributed by atoms with Crippen molar-refractivity contribution >= 4 is 11.6 Å². The lowest BCUT2D eigenvalue weighted by molar-refractivity contribution is -0.116. The van der Waals surface area contributed by atoms with E-state index in [0.717, 1.165) is 17.7 Å². The second-order valence-corrected chi connectivity index (χ2v) is 4.60. The summed E-state index contributed by atoms with van der Waals surface area (Å²) in [5.41, 5.74) is 0.954. The highest BCUT2D eigenvalue weighted by molar-refractivity contribution is 5.92. The van der Waals surface area contributed by atoms with E-state index in [-0.39, 0.29) is 12.1 Å². The number of nitrogens with one attached hydrogen (secondary N) is 1. The quantitative estimate of drug-likeness (QED) is 0.892. The number of nitrogens with zero attached hydrogens (tertiary/aromatic N) is 2. The lowest BCUT2D eigenvalue weighted by Gasteiger charge is -2.12. The SMILES string of the molecule is Cc1cnn(CCC(=O)Nc2ccc(F)cc2OC(F)F)c1. The summed E-state index contributed by atoms with van der Waals surface area (Å²) in [5.74, 6) is -1.57.